The minimum Gasteiger partial charge on any atom is -0.330 e. The van der Waals surface area contributed by atoms with Crippen molar-refractivity contribution < 1.29 is 0 Å². The SMILES string of the molecule is Cc1ccc(C)c(-c2ccc3nnc(CCN)n3n2)c1. The van der Waals surface area contributed by atoms with Crippen molar-refractivity contribution in [3.63, 3.8) is 0 Å². The second-order valence-corrected chi connectivity index (χ2v) is 4.96. The van der Waals surface area contributed by atoms with Crippen LogP contribution >= 0.6 is 0 Å². The molecule has 5 heteroatoms. The zero-order valence-electron chi connectivity index (χ0n) is 11.7. The van der Waals surface area contributed by atoms with Crippen molar-refractivity contribution in [3.8, 4) is 11.3 Å². The zero-order chi connectivity index (χ0) is 14.1. The van der Waals surface area contributed by atoms with Crippen molar-refractivity contribution in [2.24, 2.45) is 5.73 Å². The van der Waals surface area contributed by atoms with Gasteiger partial charge in [-0.3, -0.25) is 0 Å². The van der Waals surface area contributed by atoms with Crippen LogP contribution in [0.5, 0.6) is 0 Å². The summed E-state index contributed by atoms with van der Waals surface area (Å²) in [5.74, 6) is 0.801. The first-order valence-electron chi connectivity index (χ1n) is 6.68. The smallest absolute Gasteiger partial charge is 0.177 e. The molecular weight excluding hydrogens is 250 g/mol. The fourth-order valence-electron chi connectivity index (χ4n) is 2.27. The molecule has 0 spiro atoms. The zero-order valence-corrected chi connectivity index (χ0v) is 11.7. The van der Waals surface area contributed by atoms with Crippen LogP contribution in [0.25, 0.3) is 16.9 Å². The summed E-state index contributed by atoms with van der Waals surface area (Å²) in [6, 6.07) is 10.3. The van der Waals surface area contributed by atoms with Crippen LogP contribution in [0.15, 0.2) is 30.3 Å². The fraction of sp³-hybridized carbons (Fsp3) is 0.267. The third kappa shape index (κ3) is 2.16. The first-order valence-corrected chi connectivity index (χ1v) is 6.68. The third-order valence-electron chi connectivity index (χ3n) is 3.36. The van der Waals surface area contributed by atoms with Gasteiger partial charge in [-0.25, -0.2) is 0 Å². The second-order valence-electron chi connectivity index (χ2n) is 4.96. The summed E-state index contributed by atoms with van der Waals surface area (Å²) in [4.78, 5) is 0. The van der Waals surface area contributed by atoms with E-state index in [9.17, 15) is 0 Å². The summed E-state index contributed by atoms with van der Waals surface area (Å²) in [6.45, 7) is 4.71. The van der Waals surface area contributed by atoms with Crippen molar-refractivity contribution >= 4 is 5.65 Å². The maximum Gasteiger partial charge on any atom is 0.177 e. The molecule has 0 fully saturated rings. The molecule has 2 heterocycles. The first kappa shape index (κ1) is 12.7. The Bertz CT molecular complexity index is 760. The maximum absolute atomic E-state index is 5.60. The molecule has 0 unspecified atom stereocenters. The van der Waals surface area contributed by atoms with Crippen LogP contribution in [0.4, 0.5) is 0 Å². The lowest BCUT2D eigenvalue weighted by Crippen LogP contribution is -2.08. The number of nitrogens with zero attached hydrogens (tertiary/aromatic N) is 4. The number of hydrogen-bond donors (Lipinski definition) is 1. The largest absolute Gasteiger partial charge is 0.330 e. The Morgan fingerprint density at radius 2 is 1.95 bits per heavy atom. The Kier molecular flexibility index (Phi) is 3.20. The Morgan fingerprint density at radius 1 is 1.10 bits per heavy atom. The number of benzene rings is 1. The number of fused-ring (bicyclic) bond motifs is 1. The molecule has 0 amide bonds. The summed E-state index contributed by atoms with van der Waals surface area (Å²) in [5, 5.41) is 12.9. The highest BCUT2D eigenvalue weighted by atomic mass is 15.4. The lowest BCUT2D eigenvalue weighted by atomic mass is 10.0. The van der Waals surface area contributed by atoms with E-state index in [0.29, 0.717) is 13.0 Å². The van der Waals surface area contributed by atoms with E-state index in [1.165, 1.54) is 11.1 Å². The van der Waals surface area contributed by atoms with Crippen LogP contribution in [0.1, 0.15) is 17.0 Å². The van der Waals surface area contributed by atoms with Gasteiger partial charge in [0.05, 0.1) is 5.69 Å². The molecule has 1 aromatic carbocycles. The Balaban J connectivity index is 2.16. The Morgan fingerprint density at radius 3 is 2.75 bits per heavy atom. The molecule has 20 heavy (non-hydrogen) atoms. The molecule has 0 saturated carbocycles. The van der Waals surface area contributed by atoms with Crippen molar-refractivity contribution in [3.05, 3.63) is 47.3 Å². The van der Waals surface area contributed by atoms with Gasteiger partial charge in [-0.05, 0) is 44.2 Å². The average molecular weight is 267 g/mol. The van der Waals surface area contributed by atoms with E-state index in [2.05, 4.69) is 47.3 Å². The third-order valence-corrected chi connectivity index (χ3v) is 3.36. The van der Waals surface area contributed by atoms with Gasteiger partial charge in [-0.2, -0.15) is 9.61 Å². The van der Waals surface area contributed by atoms with E-state index in [-0.39, 0.29) is 0 Å². The predicted octanol–water partition coefficient (Wildman–Crippen LogP) is 1.91. The molecule has 3 aromatic rings. The standard InChI is InChI=1S/C15H17N5/c1-10-3-4-11(2)12(9-10)13-5-6-14-17-18-15(7-8-16)20(14)19-13/h3-6,9H,7-8,16H2,1-2H3. The van der Waals surface area contributed by atoms with Gasteiger partial charge in [0, 0.05) is 12.0 Å². The van der Waals surface area contributed by atoms with Crippen LogP contribution in [0, 0.1) is 13.8 Å². The number of aromatic nitrogens is 4. The van der Waals surface area contributed by atoms with E-state index in [4.69, 9.17) is 5.73 Å². The number of nitrogens with two attached hydrogens (primary N) is 1. The van der Waals surface area contributed by atoms with Crippen LogP contribution in [-0.4, -0.2) is 26.4 Å². The normalized spacial score (nSPS) is 11.2. The summed E-state index contributed by atoms with van der Waals surface area (Å²) >= 11 is 0. The molecule has 2 aromatic heterocycles. The minimum atomic E-state index is 0.538. The van der Waals surface area contributed by atoms with Gasteiger partial charge < -0.3 is 5.73 Å². The molecular formula is C15H17N5. The van der Waals surface area contributed by atoms with Crippen LogP contribution in [0.3, 0.4) is 0 Å². The van der Waals surface area contributed by atoms with Gasteiger partial charge in [0.1, 0.15) is 0 Å². The molecule has 0 atom stereocenters. The number of hydrogen-bond acceptors (Lipinski definition) is 4. The molecule has 2 N–H and O–H groups in total. The molecule has 5 nitrogen and oxygen atoms in total. The summed E-state index contributed by atoms with van der Waals surface area (Å²) in [5.41, 5.74) is 10.8. The Labute approximate surface area is 117 Å². The van der Waals surface area contributed by atoms with Gasteiger partial charge in [-0.1, -0.05) is 17.7 Å². The van der Waals surface area contributed by atoms with E-state index >= 15 is 0 Å². The molecule has 0 aliphatic heterocycles. The van der Waals surface area contributed by atoms with Crippen LogP contribution in [0.2, 0.25) is 0 Å². The van der Waals surface area contributed by atoms with Gasteiger partial charge >= 0.3 is 0 Å². The van der Waals surface area contributed by atoms with Crippen LogP contribution in [-0.2, 0) is 6.42 Å². The van der Waals surface area contributed by atoms with Gasteiger partial charge in [0.25, 0.3) is 0 Å². The monoisotopic (exact) mass is 267 g/mol. The van der Waals surface area contributed by atoms with E-state index in [0.717, 1.165) is 22.7 Å². The van der Waals surface area contributed by atoms with Gasteiger partial charge in [-0.15, -0.1) is 10.2 Å². The fourth-order valence-corrected chi connectivity index (χ4v) is 2.27. The highest BCUT2D eigenvalue weighted by Gasteiger charge is 2.09. The molecule has 0 saturated heterocycles. The Hall–Kier alpha value is -2.27. The number of rotatable bonds is 3. The first-order chi connectivity index (χ1) is 9.69. The molecule has 0 bridgehead atoms. The molecule has 0 aliphatic carbocycles. The van der Waals surface area contributed by atoms with Crippen molar-refractivity contribution in [2.45, 2.75) is 20.3 Å². The lowest BCUT2D eigenvalue weighted by Gasteiger charge is -2.07. The molecule has 0 aliphatic rings. The quantitative estimate of drug-likeness (QED) is 0.787. The summed E-state index contributed by atoms with van der Waals surface area (Å²) < 4.78 is 1.78. The minimum absolute atomic E-state index is 0.538. The average Bonchev–Trinajstić information content (AvgIpc) is 2.84. The van der Waals surface area contributed by atoms with E-state index in [1.54, 1.807) is 4.52 Å². The van der Waals surface area contributed by atoms with E-state index < -0.39 is 0 Å². The van der Waals surface area contributed by atoms with Crippen molar-refractivity contribution in [2.75, 3.05) is 6.54 Å². The molecule has 102 valence electrons. The summed E-state index contributed by atoms with van der Waals surface area (Å²) in [6.07, 6.45) is 0.671. The second kappa shape index (κ2) is 5.02. The highest BCUT2D eigenvalue weighted by Crippen LogP contribution is 2.22. The molecule has 3 rings (SSSR count). The number of aryl methyl sites for hydroxylation is 2. The van der Waals surface area contributed by atoms with E-state index in [1.807, 2.05) is 12.1 Å². The van der Waals surface area contributed by atoms with Crippen LogP contribution < -0.4 is 5.73 Å². The topological polar surface area (TPSA) is 69.1 Å². The highest BCUT2D eigenvalue weighted by molar-refractivity contribution is 5.65. The van der Waals surface area contributed by atoms with Gasteiger partial charge in [0.2, 0.25) is 0 Å². The van der Waals surface area contributed by atoms with Crippen molar-refractivity contribution in [1.82, 2.24) is 19.8 Å². The predicted molar refractivity (Wildman–Crippen MR) is 78.5 cm³/mol. The maximum atomic E-state index is 5.60. The van der Waals surface area contributed by atoms with Gasteiger partial charge in [0.15, 0.2) is 11.5 Å². The van der Waals surface area contributed by atoms with Crippen molar-refractivity contribution in [1.29, 1.82) is 0 Å². The molecule has 0 radical (unpaired) electrons. The summed E-state index contributed by atoms with van der Waals surface area (Å²) in [7, 11) is 0. The lowest BCUT2D eigenvalue weighted by molar-refractivity contribution is 0.793.